The first kappa shape index (κ1) is 6.97. The molecule has 0 aliphatic rings. The monoisotopic (exact) mass is 162 g/mol. The molecule has 0 radical (unpaired) electrons. The van der Waals surface area contributed by atoms with Crippen molar-refractivity contribution in [3.8, 4) is 11.3 Å². The van der Waals surface area contributed by atoms with Crippen molar-refractivity contribution >= 4 is 5.82 Å². The first-order valence-corrected chi connectivity index (χ1v) is 3.70. The first-order valence-electron chi connectivity index (χ1n) is 3.70. The van der Waals surface area contributed by atoms with E-state index in [0.717, 1.165) is 11.3 Å². The van der Waals surface area contributed by atoms with Gasteiger partial charge in [-0.25, -0.2) is 0 Å². The Morgan fingerprint density at radius 3 is 2.92 bits per heavy atom. The quantitative estimate of drug-likeness (QED) is 0.657. The van der Waals surface area contributed by atoms with Crippen LogP contribution in [0.2, 0.25) is 0 Å². The van der Waals surface area contributed by atoms with Gasteiger partial charge in [-0.15, -0.1) is 0 Å². The number of nitrogen functional groups attached to an aromatic ring is 1. The fraction of sp³-hybridized carbons (Fsp3) is 0.125. The SMILES string of the molecule is Cn1ncc(-c2ccc[nH]2)c1N. The zero-order chi connectivity index (χ0) is 8.55. The van der Waals surface area contributed by atoms with E-state index in [1.165, 1.54) is 0 Å². The number of aromatic amines is 1. The molecular weight excluding hydrogens is 152 g/mol. The molecule has 4 nitrogen and oxygen atoms in total. The van der Waals surface area contributed by atoms with E-state index in [-0.39, 0.29) is 0 Å². The lowest BCUT2D eigenvalue weighted by atomic mass is 10.2. The molecular formula is C8H10N4. The van der Waals surface area contributed by atoms with E-state index < -0.39 is 0 Å². The van der Waals surface area contributed by atoms with Crippen LogP contribution >= 0.6 is 0 Å². The van der Waals surface area contributed by atoms with Crippen molar-refractivity contribution in [1.29, 1.82) is 0 Å². The summed E-state index contributed by atoms with van der Waals surface area (Å²) in [6, 6.07) is 3.90. The first-order chi connectivity index (χ1) is 5.79. The number of nitrogens with one attached hydrogen (secondary N) is 1. The molecule has 0 fully saturated rings. The normalized spacial score (nSPS) is 10.4. The van der Waals surface area contributed by atoms with Gasteiger partial charge in [0.05, 0.1) is 17.5 Å². The third-order valence-electron chi connectivity index (χ3n) is 1.87. The zero-order valence-electron chi connectivity index (χ0n) is 6.78. The molecule has 0 saturated carbocycles. The van der Waals surface area contributed by atoms with E-state index in [9.17, 15) is 0 Å². The van der Waals surface area contributed by atoms with Gasteiger partial charge in [-0.2, -0.15) is 5.10 Å². The Hall–Kier alpha value is -1.71. The van der Waals surface area contributed by atoms with Gasteiger partial charge in [0.1, 0.15) is 5.82 Å². The molecule has 0 bridgehead atoms. The molecule has 0 aromatic carbocycles. The third kappa shape index (κ3) is 0.887. The topological polar surface area (TPSA) is 59.6 Å². The number of nitrogens with two attached hydrogens (primary N) is 1. The van der Waals surface area contributed by atoms with E-state index >= 15 is 0 Å². The largest absolute Gasteiger partial charge is 0.383 e. The summed E-state index contributed by atoms with van der Waals surface area (Å²) in [7, 11) is 1.82. The van der Waals surface area contributed by atoms with Crippen molar-refractivity contribution in [1.82, 2.24) is 14.8 Å². The fourth-order valence-electron chi connectivity index (χ4n) is 1.15. The smallest absolute Gasteiger partial charge is 0.130 e. The Kier molecular flexibility index (Phi) is 1.40. The molecule has 2 heterocycles. The molecule has 3 N–H and O–H groups in total. The van der Waals surface area contributed by atoms with Gasteiger partial charge in [-0.3, -0.25) is 4.68 Å². The highest BCUT2D eigenvalue weighted by Gasteiger charge is 2.06. The minimum Gasteiger partial charge on any atom is -0.383 e. The molecule has 12 heavy (non-hydrogen) atoms. The lowest BCUT2D eigenvalue weighted by molar-refractivity contribution is 0.779. The van der Waals surface area contributed by atoms with Crippen LogP contribution in [-0.4, -0.2) is 14.8 Å². The Balaban J connectivity index is 2.55. The van der Waals surface area contributed by atoms with Crippen LogP contribution in [-0.2, 0) is 7.05 Å². The summed E-state index contributed by atoms with van der Waals surface area (Å²) in [4.78, 5) is 3.07. The Labute approximate surface area is 70.0 Å². The van der Waals surface area contributed by atoms with Crippen molar-refractivity contribution in [3.63, 3.8) is 0 Å². The van der Waals surface area contributed by atoms with Crippen LogP contribution in [0.15, 0.2) is 24.5 Å². The number of aryl methyl sites for hydroxylation is 1. The molecule has 0 unspecified atom stereocenters. The van der Waals surface area contributed by atoms with Gasteiger partial charge in [0, 0.05) is 13.2 Å². The molecule has 0 aliphatic heterocycles. The lowest BCUT2D eigenvalue weighted by Crippen LogP contribution is -1.97. The summed E-state index contributed by atoms with van der Waals surface area (Å²) >= 11 is 0. The highest BCUT2D eigenvalue weighted by atomic mass is 15.3. The minimum absolute atomic E-state index is 0.678. The Bertz CT molecular complexity index is 372. The summed E-state index contributed by atoms with van der Waals surface area (Å²) in [5.41, 5.74) is 7.72. The summed E-state index contributed by atoms with van der Waals surface area (Å²) in [6.45, 7) is 0. The van der Waals surface area contributed by atoms with E-state index in [0.29, 0.717) is 5.82 Å². The molecule has 4 heteroatoms. The molecule has 2 aromatic heterocycles. The molecule has 0 saturated heterocycles. The Morgan fingerprint density at radius 1 is 1.58 bits per heavy atom. The van der Waals surface area contributed by atoms with E-state index in [2.05, 4.69) is 10.1 Å². The lowest BCUT2D eigenvalue weighted by Gasteiger charge is -1.96. The number of nitrogens with zero attached hydrogens (tertiary/aromatic N) is 2. The van der Waals surface area contributed by atoms with Crippen molar-refractivity contribution < 1.29 is 0 Å². The number of hydrogen-bond acceptors (Lipinski definition) is 2. The van der Waals surface area contributed by atoms with Gasteiger partial charge in [-0.05, 0) is 12.1 Å². The fourth-order valence-corrected chi connectivity index (χ4v) is 1.15. The average Bonchev–Trinajstić information content (AvgIpc) is 2.64. The van der Waals surface area contributed by atoms with E-state index in [4.69, 9.17) is 5.73 Å². The predicted octanol–water partition coefficient (Wildman–Crippen LogP) is 0.997. The highest BCUT2D eigenvalue weighted by Crippen LogP contribution is 2.22. The average molecular weight is 162 g/mol. The number of rotatable bonds is 1. The van der Waals surface area contributed by atoms with Crippen LogP contribution in [0.5, 0.6) is 0 Å². The van der Waals surface area contributed by atoms with Gasteiger partial charge in [-0.1, -0.05) is 0 Å². The summed E-state index contributed by atoms with van der Waals surface area (Å²) < 4.78 is 1.65. The van der Waals surface area contributed by atoms with Gasteiger partial charge in [0.15, 0.2) is 0 Å². The molecule has 2 aromatic rings. The maximum atomic E-state index is 5.77. The number of anilines is 1. The number of hydrogen-bond donors (Lipinski definition) is 2. The van der Waals surface area contributed by atoms with Crippen LogP contribution in [0.25, 0.3) is 11.3 Å². The highest BCUT2D eigenvalue weighted by molar-refractivity contribution is 5.70. The van der Waals surface area contributed by atoms with Crippen molar-refractivity contribution in [2.24, 2.45) is 7.05 Å². The second-order valence-corrected chi connectivity index (χ2v) is 2.65. The van der Waals surface area contributed by atoms with Crippen LogP contribution in [0, 0.1) is 0 Å². The number of H-pyrrole nitrogens is 1. The predicted molar refractivity (Wildman–Crippen MR) is 47.4 cm³/mol. The van der Waals surface area contributed by atoms with Gasteiger partial charge in [0.2, 0.25) is 0 Å². The number of aromatic nitrogens is 3. The van der Waals surface area contributed by atoms with E-state index in [1.807, 2.05) is 25.4 Å². The van der Waals surface area contributed by atoms with Gasteiger partial charge >= 0.3 is 0 Å². The molecule has 0 atom stereocenters. The molecule has 2 rings (SSSR count). The second kappa shape index (κ2) is 2.41. The van der Waals surface area contributed by atoms with Crippen molar-refractivity contribution in [3.05, 3.63) is 24.5 Å². The zero-order valence-corrected chi connectivity index (χ0v) is 6.78. The molecule has 0 aliphatic carbocycles. The van der Waals surface area contributed by atoms with Crippen LogP contribution in [0.4, 0.5) is 5.82 Å². The van der Waals surface area contributed by atoms with Crippen LogP contribution in [0.1, 0.15) is 0 Å². The maximum Gasteiger partial charge on any atom is 0.130 e. The van der Waals surface area contributed by atoms with Crippen LogP contribution < -0.4 is 5.73 Å². The Morgan fingerprint density at radius 2 is 2.42 bits per heavy atom. The van der Waals surface area contributed by atoms with Gasteiger partial charge in [0.25, 0.3) is 0 Å². The third-order valence-corrected chi connectivity index (χ3v) is 1.87. The second-order valence-electron chi connectivity index (χ2n) is 2.65. The van der Waals surface area contributed by atoms with Crippen molar-refractivity contribution in [2.45, 2.75) is 0 Å². The maximum absolute atomic E-state index is 5.77. The van der Waals surface area contributed by atoms with Crippen molar-refractivity contribution in [2.75, 3.05) is 5.73 Å². The summed E-state index contributed by atoms with van der Waals surface area (Å²) in [6.07, 6.45) is 3.61. The van der Waals surface area contributed by atoms with E-state index in [1.54, 1.807) is 10.9 Å². The van der Waals surface area contributed by atoms with Crippen LogP contribution in [0.3, 0.4) is 0 Å². The summed E-state index contributed by atoms with van der Waals surface area (Å²) in [5, 5.41) is 4.04. The standard InChI is InChI=1S/C8H10N4/c1-12-8(9)6(5-11-12)7-3-2-4-10-7/h2-5,10H,9H2,1H3. The summed E-state index contributed by atoms with van der Waals surface area (Å²) in [5.74, 6) is 0.678. The van der Waals surface area contributed by atoms with Gasteiger partial charge < -0.3 is 10.7 Å². The molecule has 0 spiro atoms. The minimum atomic E-state index is 0.678. The molecule has 0 amide bonds. The molecule has 62 valence electrons.